The number of rotatable bonds is 3. The molecule has 0 amide bonds. The topological polar surface area (TPSA) is 52.0 Å². The molecule has 0 N–H and O–H groups in total. The number of aromatic nitrogens is 2. The van der Waals surface area contributed by atoms with Crippen molar-refractivity contribution in [3.8, 4) is 0 Å². The van der Waals surface area contributed by atoms with Crippen LogP contribution in [-0.4, -0.2) is 17.4 Å². The molecular formula is C18H17ClN2O2S. The van der Waals surface area contributed by atoms with Crippen molar-refractivity contribution in [2.75, 3.05) is 0 Å². The minimum Gasteiger partial charge on any atom is -0.254 e. The van der Waals surface area contributed by atoms with Crippen LogP contribution >= 0.6 is 11.6 Å². The lowest BCUT2D eigenvalue weighted by atomic mass is 10.00. The smallest absolute Gasteiger partial charge is 0.254 e. The molecule has 1 fully saturated rings. The number of nitrogens with zero attached hydrogens (tertiary/aromatic N) is 2. The molecule has 3 aromatic rings. The Kier molecular flexibility index (Phi) is 3.85. The first-order valence-electron chi connectivity index (χ1n) is 8.05. The maximum absolute atomic E-state index is 13.1. The molecule has 0 spiro atoms. The van der Waals surface area contributed by atoms with Crippen molar-refractivity contribution in [1.29, 1.82) is 0 Å². The molecule has 124 valence electrons. The summed E-state index contributed by atoms with van der Waals surface area (Å²) in [6, 6.07) is 10.1. The molecule has 0 bridgehead atoms. The van der Waals surface area contributed by atoms with Gasteiger partial charge in [0.1, 0.15) is 4.90 Å². The average molecular weight is 361 g/mol. The molecule has 0 aliphatic heterocycles. The summed E-state index contributed by atoms with van der Waals surface area (Å²) in [4.78, 5) is 4.57. The number of benzene rings is 1. The van der Waals surface area contributed by atoms with Gasteiger partial charge in [-0.3, -0.25) is 4.98 Å². The summed E-state index contributed by atoms with van der Waals surface area (Å²) in [6.45, 7) is 0. The van der Waals surface area contributed by atoms with Gasteiger partial charge in [-0.2, -0.15) is 0 Å². The van der Waals surface area contributed by atoms with Gasteiger partial charge in [-0.05, 0) is 43.0 Å². The minimum absolute atomic E-state index is 0.116. The van der Waals surface area contributed by atoms with E-state index in [1.807, 2.05) is 0 Å². The third kappa shape index (κ3) is 2.43. The number of fused-ring (bicyclic) bond motifs is 1. The van der Waals surface area contributed by atoms with Gasteiger partial charge in [0.25, 0.3) is 10.0 Å². The van der Waals surface area contributed by atoms with Crippen LogP contribution in [-0.2, 0) is 10.0 Å². The third-order valence-corrected chi connectivity index (χ3v) is 6.90. The Morgan fingerprint density at radius 2 is 1.83 bits per heavy atom. The summed E-state index contributed by atoms with van der Waals surface area (Å²) in [5, 5.41) is 0.227. The molecule has 1 aliphatic rings. The Hall–Kier alpha value is -1.85. The van der Waals surface area contributed by atoms with Gasteiger partial charge in [-0.15, -0.1) is 0 Å². The molecule has 0 unspecified atom stereocenters. The molecule has 0 saturated heterocycles. The van der Waals surface area contributed by atoms with Crippen LogP contribution in [0.5, 0.6) is 0 Å². The highest BCUT2D eigenvalue weighted by Gasteiger charge is 2.27. The second kappa shape index (κ2) is 5.90. The van der Waals surface area contributed by atoms with Crippen LogP contribution in [0.4, 0.5) is 0 Å². The van der Waals surface area contributed by atoms with Crippen molar-refractivity contribution in [2.45, 2.75) is 36.5 Å². The zero-order valence-electron chi connectivity index (χ0n) is 13.0. The Morgan fingerprint density at radius 3 is 2.58 bits per heavy atom. The van der Waals surface area contributed by atoms with Gasteiger partial charge in [-0.1, -0.05) is 36.6 Å². The Morgan fingerprint density at radius 1 is 1.08 bits per heavy atom. The zero-order chi connectivity index (χ0) is 16.7. The summed E-state index contributed by atoms with van der Waals surface area (Å²) in [6.07, 6.45) is 7.99. The molecule has 1 aromatic carbocycles. The van der Waals surface area contributed by atoms with Crippen LogP contribution < -0.4 is 0 Å². The predicted octanol–water partition coefficient (Wildman–Crippen LogP) is 4.58. The van der Waals surface area contributed by atoms with Gasteiger partial charge in [0, 0.05) is 18.0 Å². The normalized spacial score (nSPS) is 16.0. The van der Waals surface area contributed by atoms with Crippen molar-refractivity contribution in [3.05, 3.63) is 59.4 Å². The number of hydrogen-bond donors (Lipinski definition) is 0. The molecule has 4 nitrogen and oxygen atoms in total. The van der Waals surface area contributed by atoms with E-state index < -0.39 is 10.0 Å². The maximum Gasteiger partial charge on any atom is 0.269 e. The lowest BCUT2D eigenvalue weighted by Crippen LogP contribution is -2.12. The van der Waals surface area contributed by atoms with Crippen LogP contribution in [0, 0.1) is 0 Å². The van der Waals surface area contributed by atoms with E-state index in [4.69, 9.17) is 11.6 Å². The van der Waals surface area contributed by atoms with Gasteiger partial charge < -0.3 is 0 Å². The lowest BCUT2D eigenvalue weighted by molar-refractivity contribution is 0.588. The van der Waals surface area contributed by atoms with E-state index in [0.29, 0.717) is 11.4 Å². The van der Waals surface area contributed by atoms with Crippen LogP contribution in [0.1, 0.15) is 37.2 Å². The average Bonchev–Trinajstić information content (AvgIpc) is 3.22. The predicted molar refractivity (Wildman–Crippen MR) is 95.0 cm³/mol. The standard InChI is InChI=1S/C18H17ClN2O2S/c19-15-8-3-4-10-17(15)24(22,23)21-12-14(13-6-1-2-7-13)18-16(21)9-5-11-20-18/h3-5,8-13H,1-2,6-7H2. The van der Waals surface area contributed by atoms with E-state index >= 15 is 0 Å². The fourth-order valence-electron chi connectivity index (χ4n) is 3.55. The Bertz CT molecular complexity index is 1000. The molecule has 2 aromatic heterocycles. The Balaban J connectivity index is 1.96. The monoisotopic (exact) mass is 360 g/mol. The molecule has 0 radical (unpaired) electrons. The molecule has 4 rings (SSSR count). The van der Waals surface area contributed by atoms with Crippen molar-refractivity contribution in [2.24, 2.45) is 0 Å². The zero-order valence-corrected chi connectivity index (χ0v) is 14.6. The highest BCUT2D eigenvalue weighted by Crippen LogP contribution is 2.39. The van der Waals surface area contributed by atoms with E-state index in [1.54, 1.807) is 42.7 Å². The largest absolute Gasteiger partial charge is 0.269 e. The van der Waals surface area contributed by atoms with Crippen molar-refractivity contribution in [1.82, 2.24) is 8.96 Å². The van der Waals surface area contributed by atoms with Gasteiger partial charge in [0.05, 0.1) is 16.1 Å². The van der Waals surface area contributed by atoms with E-state index in [9.17, 15) is 8.42 Å². The number of pyridine rings is 1. The van der Waals surface area contributed by atoms with Crippen LogP contribution in [0.3, 0.4) is 0 Å². The van der Waals surface area contributed by atoms with Crippen LogP contribution in [0.15, 0.2) is 53.7 Å². The van der Waals surface area contributed by atoms with Gasteiger partial charge in [0.15, 0.2) is 0 Å². The fourth-order valence-corrected chi connectivity index (χ4v) is 5.41. The van der Waals surface area contributed by atoms with Crippen molar-refractivity contribution in [3.63, 3.8) is 0 Å². The summed E-state index contributed by atoms with van der Waals surface area (Å²) in [5.41, 5.74) is 2.41. The molecule has 24 heavy (non-hydrogen) atoms. The first-order chi connectivity index (χ1) is 11.6. The number of halogens is 1. The van der Waals surface area contributed by atoms with Crippen molar-refractivity contribution >= 4 is 32.7 Å². The first kappa shape index (κ1) is 15.7. The highest BCUT2D eigenvalue weighted by molar-refractivity contribution is 7.90. The summed E-state index contributed by atoms with van der Waals surface area (Å²) in [5.74, 6) is 0.380. The highest BCUT2D eigenvalue weighted by atomic mass is 35.5. The second-order valence-corrected chi connectivity index (χ2v) is 8.36. The first-order valence-corrected chi connectivity index (χ1v) is 9.87. The van der Waals surface area contributed by atoms with E-state index in [1.165, 1.54) is 22.9 Å². The molecule has 1 aliphatic carbocycles. The molecule has 1 saturated carbocycles. The lowest BCUT2D eigenvalue weighted by Gasteiger charge is -2.09. The van der Waals surface area contributed by atoms with Crippen LogP contribution in [0.25, 0.3) is 11.0 Å². The SMILES string of the molecule is O=S(=O)(c1ccccc1Cl)n1cc(C2CCCC2)c2ncccc21. The molecular weight excluding hydrogens is 344 g/mol. The maximum atomic E-state index is 13.1. The van der Waals surface area contributed by atoms with Gasteiger partial charge in [0.2, 0.25) is 0 Å². The quantitative estimate of drug-likeness (QED) is 0.686. The van der Waals surface area contributed by atoms with E-state index in [0.717, 1.165) is 23.9 Å². The third-order valence-electron chi connectivity index (χ3n) is 4.72. The number of hydrogen-bond acceptors (Lipinski definition) is 3. The Labute approximate surface area is 146 Å². The van der Waals surface area contributed by atoms with E-state index in [2.05, 4.69) is 4.98 Å². The van der Waals surface area contributed by atoms with Crippen LogP contribution in [0.2, 0.25) is 5.02 Å². The van der Waals surface area contributed by atoms with Crippen molar-refractivity contribution < 1.29 is 8.42 Å². The minimum atomic E-state index is -3.76. The van der Waals surface area contributed by atoms with Gasteiger partial charge in [-0.25, -0.2) is 12.4 Å². The second-order valence-electron chi connectivity index (χ2n) is 6.17. The van der Waals surface area contributed by atoms with Gasteiger partial charge >= 0.3 is 0 Å². The summed E-state index contributed by atoms with van der Waals surface area (Å²) >= 11 is 6.14. The molecule has 0 atom stereocenters. The summed E-state index contributed by atoms with van der Waals surface area (Å²) in [7, 11) is -3.76. The van der Waals surface area contributed by atoms with E-state index in [-0.39, 0.29) is 9.92 Å². The fraction of sp³-hybridized carbons (Fsp3) is 0.278. The molecule has 2 heterocycles. The molecule has 6 heteroatoms. The summed E-state index contributed by atoms with van der Waals surface area (Å²) < 4.78 is 27.6.